The molecule has 1 fully saturated rings. The van der Waals surface area contributed by atoms with Gasteiger partial charge in [0, 0.05) is 37.2 Å². The van der Waals surface area contributed by atoms with Crippen LogP contribution < -0.4 is 10.2 Å². The normalized spacial score (nSPS) is 17.7. The molecular formula is C17H19N3O. The summed E-state index contributed by atoms with van der Waals surface area (Å²) in [5.41, 5.74) is 1.84. The Hall–Kier alpha value is -2.36. The summed E-state index contributed by atoms with van der Waals surface area (Å²) in [6, 6.07) is 14.3. The van der Waals surface area contributed by atoms with Crippen molar-refractivity contribution >= 4 is 11.6 Å². The first-order valence-corrected chi connectivity index (χ1v) is 7.34. The summed E-state index contributed by atoms with van der Waals surface area (Å²) in [5.74, 6) is -0.0528. The topological polar surface area (TPSA) is 45.2 Å². The molecule has 1 amide bonds. The third-order valence-electron chi connectivity index (χ3n) is 3.89. The van der Waals surface area contributed by atoms with Crippen molar-refractivity contribution < 1.29 is 4.79 Å². The quantitative estimate of drug-likeness (QED) is 0.936. The van der Waals surface area contributed by atoms with Crippen LogP contribution in [-0.2, 0) is 0 Å². The molecule has 1 aromatic heterocycles. The smallest absolute Gasteiger partial charge is 0.252 e. The van der Waals surface area contributed by atoms with Gasteiger partial charge in [0.2, 0.25) is 0 Å². The average Bonchev–Trinajstić information content (AvgIpc) is 3.03. The van der Waals surface area contributed by atoms with E-state index in [0.29, 0.717) is 18.2 Å². The highest BCUT2D eigenvalue weighted by atomic mass is 16.1. The fourth-order valence-electron chi connectivity index (χ4n) is 2.82. The van der Waals surface area contributed by atoms with Crippen LogP contribution in [0.3, 0.4) is 0 Å². The molecule has 3 rings (SSSR count). The van der Waals surface area contributed by atoms with Gasteiger partial charge in [0.15, 0.2) is 0 Å². The summed E-state index contributed by atoms with van der Waals surface area (Å²) < 4.78 is 0. The van der Waals surface area contributed by atoms with Gasteiger partial charge in [-0.2, -0.15) is 0 Å². The molecule has 1 aliphatic rings. The van der Waals surface area contributed by atoms with Crippen LogP contribution >= 0.6 is 0 Å². The predicted molar refractivity (Wildman–Crippen MR) is 83.4 cm³/mol. The Balaban J connectivity index is 1.61. The maximum absolute atomic E-state index is 12.1. The lowest BCUT2D eigenvalue weighted by molar-refractivity contribution is 0.0951. The summed E-state index contributed by atoms with van der Waals surface area (Å²) in [6.07, 6.45) is 5.55. The van der Waals surface area contributed by atoms with Crippen molar-refractivity contribution in [3.8, 4) is 0 Å². The molecule has 4 heteroatoms. The Bertz CT molecular complexity index is 585. The molecule has 0 saturated carbocycles. The summed E-state index contributed by atoms with van der Waals surface area (Å²) in [5, 5.41) is 3.02. The molecule has 1 N–H and O–H groups in total. The second-order valence-electron chi connectivity index (χ2n) is 5.28. The van der Waals surface area contributed by atoms with Gasteiger partial charge in [-0.25, -0.2) is 0 Å². The van der Waals surface area contributed by atoms with Crippen molar-refractivity contribution in [2.24, 2.45) is 0 Å². The van der Waals surface area contributed by atoms with Crippen LogP contribution in [0.1, 0.15) is 23.2 Å². The second kappa shape index (κ2) is 6.39. The van der Waals surface area contributed by atoms with E-state index < -0.39 is 0 Å². The van der Waals surface area contributed by atoms with Crippen molar-refractivity contribution in [3.63, 3.8) is 0 Å². The van der Waals surface area contributed by atoms with Crippen LogP contribution in [0.2, 0.25) is 0 Å². The van der Waals surface area contributed by atoms with Gasteiger partial charge in [0.25, 0.3) is 5.91 Å². The number of pyridine rings is 1. The number of amides is 1. The molecule has 1 aromatic carbocycles. The molecule has 0 spiro atoms. The number of hydrogen-bond acceptors (Lipinski definition) is 3. The molecule has 0 aliphatic carbocycles. The van der Waals surface area contributed by atoms with E-state index in [9.17, 15) is 4.79 Å². The van der Waals surface area contributed by atoms with Crippen LogP contribution in [0.25, 0.3) is 0 Å². The molecule has 4 nitrogen and oxygen atoms in total. The summed E-state index contributed by atoms with van der Waals surface area (Å²) in [6.45, 7) is 1.72. The third kappa shape index (κ3) is 3.21. The molecule has 2 aromatic rings. The van der Waals surface area contributed by atoms with Gasteiger partial charge >= 0.3 is 0 Å². The van der Waals surface area contributed by atoms with E-state index in [4.69, 9.17) is 0 Å². The Morgan fingerprint density at radius 1 is 1.24 bits per heavy atom. The molecule has 108 valence electrons. The van der Waals surface area contributed by atoms with Crippen LogP contribution in [-0.4, -0.2) is 30.0 Å². The van der Waals surface area contributed by atoms with Crippen LogP contribution in [0.4, 0.5) is 5.69 Å². The molecule has 2 heterocycles. The highest BCUT2D eigenvalue weighted by Gasteiger charge is 2.25. The fraction of sp³-hybridized carbons (Fsp3) is 0.294. The number of nitrogens with one attached hydrogen (secondary N) is 1. The number of carbonyl (C=O) groups is 1. The van der Waals surface area contributed by atoms with Gasteiger partial charge in [-0.3, -0.25) is 9.78 Å². The zero-order valence-electron chi connectivity index (χ0n) is 11.9. The van der Waals surface area contributed by atoms with E-state index in [1.165, 1.54) is 12.1 Å². The molecular weight excluding hydrogens is 262 g/mol. The number of rotatable bonds is 4. The van der Waals surface area contributed by atoms with Gasteiger partial charge in [-0.1, -0.05) is 18.2 Å². The first-order chi connectivity index (χ1) is 10.3. The fourth-order valence-corrected chi connectivity index (χ4v) is 2.82. The summed E-state index contributed by atoms with van der Waals surface area (Å²) in [4.78, 5) is 18.4. The van der Waals surface area contributed by atoms with Gasteiger partial charge in [-0.15, -0.1) is 0 Å². The number of para-hydroxylation sites is 1. The first-order valence-electron chi connectivity index (χ1n) is 7.34. The molecule has 1 saturated heterocycles. The van der Waals surface area contributed by atoms with E-state index in [-0.39, 0.29) is 5.91 Å². The van der Waals surface area contributed by atoms with E-state index >= 15 is 0 Å². The third-order valence-corrected chi connectivity index (χ3v) is 3.89. The SMILES string of the molecule is O=C(NCC1CCCN1c1ccccc1)c1cccnc1. The van der Waals surface area contributed by atoms with E-state index in [1.54, 1.807) is 24.5 Å². The number of anilines is 1. The number of hydrogen-bond donors (Lipinski definition) is 1. The van der Waals surface area contributed by atoms with Crippen molar-refractivity contribution in [1.82, 2.24) is 10.3 Å². The minimum atomic E-state index is -0.0528. The Kier molecular flexibility index (Phi) is 4.15. The van der Waals surface area contributed by atoms with Crippen molar-refractivity contribution in [3.05, 3.63) is 60.4 Å². The molecule has 0 radical (unpaired) electrons. The molecule has 21 heavy (non-hydrogen) atoms. The Labute approximate surface area is 124 Å². The minimum absolute atomic E-state index is 0.0528. The largest absolute Gasteiger partial charge is 0.367 e. The Morgan fingerprint density at radius 3 is 2.86 bits per heavy atom. The minimum Gasteiger partial charge on any atom is -0.367 e. The lowest BCUT2D eigenvalue weighted by atomic mass is 10.2. The van der Waals surface area contributed by atoms with E-state index in [2.05, 4.69) is 39.5 Å². The zero-order valence-corrected chi connectivity index (χ0v) is 11.9. The first kappa shape index (κ1) is 13.6. The zero-order chi connectivity index (χ0) is 14.5. The second-order valence-corrected chi connectivity index (χ2v) is 5.28. The number of aromatic nitrogens is 1. The highest BCUT2D eigenvalue weighted by Crippen LogP contribution is 2.24. The monoisotopic (exact) mass is 281 g/mol. The van der Waals surface area contributed by atoms with Gasteiger partial charge < -0.3 is 10.2 Å². The Morgan fingerprint density at radius 2 is 2.10 bits per heavy atom. The molecule has 0 bridgehead atoms. The standard InChI is InChI=1S/C17H19N3O/c21-17(14-6-4-10-18-12-14)19-13-16-9-5-11-20(16)15-7-2-1-3-8-15/h1-4,6-8,10,12,16H,5,9,11,13H2,(H,19,21). The number of nitrogens with zero attached hydrogens (tertiary/aromatic N) is 2. The summed E-state index contributed by atoms with van der Waals surface area (Å²) >= 11 is 0. The van der Waals surface area contributed by atoms with Crippen LogP contribution in [0.15, 0.2) is 54.9 Å². The average molecular weight is 281 g/mol. The van der Waals surface area contributed by atoms with Crippen LogP contribution in [0.5, 0.6) is 0 Å². The van der Waals surface area contributed by atoms with Gasteiger partial charge in [0.1, 0.15) is 0 Å². The van der Waals surface area contributed by atoms with Gasteiger partial charge in [-0.05, 0) is 37.1 Å². The molecule has 1 aliphatic heterocycles. The van der Waals surface area contributed by atoms with Crippen molar-refractivity contribution in [1.29, 1.82) is 0 Å². The van der Waals surface area contributed by atoms with Crippen LogP contribution in [0, 0.1) is 0 Å². The maximum atomic E-state index is 12.1. The predicted octanol–water partition coefficient (Wildman–Crippen LogP) is 2.48. The maximum Gasteiger partial charge on any atom is 0.252 e. The van der Waals surface area contributed by atoms with Crippen molar-refractivity contribution in [2.45, 2.75) is 18.9 Å². The lowest BCUT2D eigenvalue weighted by Gasteiger charge is -2.27. The number of carbonyl (C=O) groups excluding carboxylic acids is 1. The highest BCUT2D eigenvalue weighted by molar-refractivity contribution is 5.93. The van der Waals surface area contributed by atoms with Gasteiger partial charge in [0.05, 0.1) is 5.56 Å². The summed E-state index contributed by atoms with van der Waals surface area (Å²) in [7, 11) is 0. The van der Waals surface area contributed by atoms with Crippen molar-refractivity contribution in [2.75, 3.05) is 18.0 Å². The number of benzene rings is 1. The van der Waals surface area contributed by atoms with E-state index in [0.717, 1.165) is 13.0 Å². The van der Waals surface area contributed by atoms with E-state index in [1.807, 2.05) is 6.07 Å². The molecule has 1 atom stereocenters. The lowest BCUT2D eigenvalue weighted by Crippen LogP contribution is -2.40. The molecule has 1 unspecified atom stereocenters.